The summed E-state index contributed by atoms with van der Waals surface area (Å²) in [5.41, 5.74) is 3.36. The first-order valence-electron chi connectivity index (χ1n) is 6.79. The maximum Gasteiger partial charge on any atom is 0.123 e. The van der Waals surface area contributed by atoms with Crippen molar-refractivity contribution in [1.82, 2.24) is 14.9 Å². The fraction of sp³-hybridized carbons (Fsp3) is 0.400. The number of rotatable bonds is 1. The summed E-state index contributed by atoms with van der Waals surface area (Å²) < 4.78 is 15.8. The summed E-state index contributed by atoms with van der Waals surface area (Å²) in [7, 11) is 0. The van der Waals surface area contributed by atoms with E-state index in [0.717, 1.165) is 42.8 Å². The van der Waals surface area contributed by atoms with Gasteiger partial charge in [0.2, 0.25) is 0 Å². The molecule has 0 saturated carbocycles. The SMILES string of the molecule is Fc1ccc2c(c1)C(C1CC[N]CC1)n1cncc1-2. The molecule has 1 unspecified atom stereocenters. The van der Waals surface area contributed by atoms with Gasteiger partial charge in [0.15, 0.2) is 0 Å². The highest BCUT2D eigenvalue weighted by Gasteiger charge is 2.35. The molecule has 2 aliphatic rings. The van der Waals surface area contributed by atoms with Gasteiger partial charge in [0.05, 0.1) is 24.3 Å². The minimum absolute atomic E-state index is 0.150. The van der Waals surface area contributed by atoms with E-state index >= 15 is 0 Å². The molecule has 1 saturated heterocycles. The van der Waals surface area contributed by atoms with Crippen LogP contribution in [-0.2, 0) is 0 Å². The topological polar surface area (TPSA) is 31.9 Å². The van der Waals surface area contributed by atoms with Gasteiger partial charge in [0.1, 0.15) is 5.82 Å². The first-order valence-corrected chi connectivity index (χ1v) is 6.79. The van der Waals surface area contributed by atoms with E-state index in [0.29, 0.717) is 5.92 Å². The third-order valence-electron chi connectivity index (χ3n) is 4.34. The van der Waals surface area contributed by atoms with E-state index in [9.17, 15) is 4.39 Å². The molecule has 1 aromatic carbocycles. The second-order valence-corrected chi connectivity index (χ2v) is 5.37. The quantitative estimate of drug-likeness (QED) is 0.771. The maximum absolute atomic E-state index is 13.6. The molecule has 1 aromatic heterocycles. The van der Waals surface area contributed by atoms with Crippen molar-refractivity contribution in [3.63, 3.8) is 0 Å². The number of hydrogen-bond acceptors (Lipinski definition) is 1. The van der Waals surface area contributed by atoms with E-state index in [4.69, 9.17) is 0 Å². The average molecular weight is 256 g/mol. The predicted molar refractivity (Wildman–Crippen MR) is 70.4 cm³/mol. The Morgan fingerprint density at radius 1 is 1.21 bits per heavy atom. The van der Waals surface area contributed by atoms with Crippen LogP contribution in [0.15, 0.2) is 30.7 Å². The Morgan fingerprint density at radius 2 is 2.05 bits per heavy atom. The van der Waals surface area contributed by atoms with Crippen molar-refractivity contribution in [2.45, 2.75) is 18.9 Å². The Labute approximate surface area is 111 Å². The van der Waals surface area contributed by atoms with Gasteiger partial charge in [0, 0.05) is 18.7 Å². The normalized spacial score (nSPS) is 22.3. The molecule has 97 valence electrons. The summed E-state index contributed by atoms with van der Waals surface area (Å²) >= 11 is 0. The van der Waals surface area contributed by atoms with Gasteiger partial charge in [-0.25, -0.2) is 14.7 Å². The van der Waals surface area contributed by atoms with E-state index in [1.807, 2.05) is 18.6 Å². The Balaban J connectivity index is 1.84. The molecule has 1 fully saturated rings. The van der Waals surface area contributed by atoms with Gasteiger partial charge in [-0.2, -0.15) is 0 Å². The predicted octanol–water partition coefficient (Wildman–Crippen LogP) is 2.61. The lowest BCUT2D eigenvalue weighted by molar-refractivity contribution is 0.295. The largest absolute Gasteiger partial charge is 0.323 e. The van der Waals surface area contributed by atoms with Crippen LogP contribution < -0.4 is 5.32 Å². The van der Waals surface area contributed by atoms with Crippen LogP contribution in [0.25, 0.3) is 11.3 Å². The highest BCUT2D eigenvalue weighted by molar-refractivity contribution is 5.69. The lowest BCUT2D eigenvalue weighted by Crippen LogP contribution is -2.28. The van der Waals surface area contributed by atoms with Crippen molar-refractivity contribution in [3.05, 3.63) is 42.1 Å². The van der Waals surface area contributed by atoms with Crippen LogP contribution in [0.5, 0.6) is 0 Å². The smallest absolute Gasteiger partial charge is 0.123 e. The van der Waals surface area contributed by atoms with E-state index in [2.05, 4.69) is 14.9 Å². The fourth-order valence-corrected chi connectivity index (χ4v) is 3.46. The number of halogens is 1. The number of hydrogen-bond donors (Lipinski definition) is 0. The van der Waals surface area contributed by atoms with Gasteiger partial charge < -0.3 is 4.57 Å². The minimum atomic E-state index is -0.150. The van der Waals surface area contributed by atoms with E-state index < -0.39 is 0 Å². The van der Waals surface area contributed by atoms with Crippen LogP contribution in [0, 0.1) is 11.7 Å². The molecule has 19 heavy (non-hydrogen) atoms. The second kappa shape index (κ2) is 4.17. The number of piperidine rings is 1. The summed E-state index contributed by atoms with van der Waals surface area (Å²) in [6, 6.07) is 5.34. The number of benzene rings is 1. The summed E-state index contributed by atoms with van der Waals surface area (Å²) in [6.45, 7) is 1.85. The molecule has 0 spiro atoms. The lowest BCUT2D eigenvalue weighted by Gasteiger charge is -2.29. The Kier molecular flexibility index (Phi) is 2.45. The monoisotopic (exact) mass is 256 g/mol. The summed E-state index contributed by atoms with van der Waals surface area (Å²) in [5.74, 6) is 0.386. The third kappa shape index (κ3) is 1.63. The zero-order valence-electron chi connectivity index (χ0n) is 10.6. The molecule has 2 aliphatic heterocycles. The molecule has 0 N–H and O–H groups in total. The van der Waals surface area contributed by atoms with Crippen molar-refractivity contribution in [1.29, 1.82) is 0 Å². The van der Waals surface area contributed by atoms with Crippen molar-refractivity contribution >= 4 is 0 Å². The molecule has 4 rings (SSSR count). The molecular formula is C15H15FN3. The van der Waals surface area contributed by atoms with Crippen molar-refractivity contribution < 1.29 is 4.39 Å². The van der Waals surface area contributed by atoms with Crippen molar-refractivity contribution in [3.8, 4) is 11.3 Å². The number of imidazole rings is 1. The van der Waals surface area contributed by atoms with Gasteiger partial charge >= 0.3 is 0 Å². The number of nitrogens with zero attached hydrogens (tertiary/aromatic N) is 3. The Bertz CT molecular complexity index is 614. The highest BCUT2D eigenvalue weighted by Crippen LogP contribution is 2.45. The molecule has 1 atom stereocenters. The molecule has 0 amide bonds. The van der Waals surface area contributed by atoms with Gasteiger partial charge in [-0.3, -0.25) is 0 Å². The lowest BCUT2D eigenvalue weighted by atomic mass is 9.86. The number of fused-ring (bicyclic) bond motifs is 3. The van der Waals surface area contributed by atoms with Gasteiger partial charge in [0.25, 0.3) is 0 Å². The van der Waals surface area contributed by atoms with E-state index in [1.165, 1.54) is 6.07 Å². The Morgan fingerprint density at radius 3 is 2.89 bits per heavy atom. The summed E-state index contributed by atoms with van der Waals surface area (Å²) in [5, 5.41) is 4.42. The van der Waals surface area contributed by atoms with Crippen molar-refractivity contribution in [2.24, 2.45) is 5.92 Å². The average Bonchev–Trinajstić information content (AvgIpc) is 2.99. The van der Waals surface area contributed by atoms with Crippen LogP contribution in [0.3, 0.4) is 0 Å². The zero-order valence-corrected chi connectivity index (χ0v) is 10.6. The third-order valence-corrected chi connectivity index (χ3v) is 4.34. The molecule has 0 aliphatic carbocycles. The van der Waals surface area contributed by atoms with Gasteiger partial charge in [-0.1, -0.05) is 0 Å². The van der Waals surface area contributed by atoms with Gasteiger partial charge in [-0.15, -0.1) is 0 Å². The highest BCUT2D eigenvalue weighted by atomic mass is 19.1. The summed E-state index contributed by atoms with van der Waals surface area (Å²) in [4.78, 5) is 4.26. The maximum atomic E-state index is 13.6. The van der Waals surface area contributed by atoms with E-state index in [1.54, 1.807) is 6.07 Å². The molecule has 2 aromatic rings. The molecule has 3 heterocycles. The molecule has 1 radical (unpaired) electrons. The van der Waals surface area contributed by atoms with Crippen molar-refractivity contribution in [2.75, 3.05) is 13.1 Å². The van der Waals surface area contributed by atoms with Gasteiger partial charge in [-0.05, 0) is 42.5 Å². The van der Waals surface area contributed by atoms with Crippen LogP contribution in [0.1, 0.15) is 24.4 Å². The van der Waals surface area contributed by atoms with Crippen LogP contribution in [-0.4, -0.2) is 22.6 Å². The second-order valence-electron chi connectivity index (χ2n) is 5.37. The Hall–Kier alpha value is -1.68. The van der Waals surface area contributed by atoms with Crippen LogP contribution >= 0.6 is 0 Å². The first-order chi connectivity index (χ1) is 9.34. The van der Waals surface area contributed by atoms with Crippen LogP contribution in [0.4, 0.5) is 4.39 Å². The molecular weight excluding hydrogens is 241 g/mol. The van der Waals surface area contributed by atoms with Crippen LogP contribution in [0.2, 0.25) is 0 Å². The summed E-state index contributed by atoms with van der Waals surface area (Å²) in [6.07, 6.45) is 5.92. The molecule has 3 nitrogen and oxygen atoms in total. The molecule has 4 heteroatoms. The first kappa shape index (κ1) is 11.2. The fourth-order valence-electron chi connectivity index (χ4n) is 3.46. The standard InChI is InChI=1S/C15H15FN3/c16-11-1-2-12-13(7-11)15(10-3-5-17-6-4-10)19-9-18-8-14(12)19/h1-2,7-10,15H,3-6H2. The zero-order chi connectivity index (χ0) is 12.8. The minimum Gasteiger partial charge on any atom is -0.323 e. The van der Waals surface area contributed by atoms with E-state index in [-0.39, 0.29) is 11.9 Å². The number of aromatic nitrogens is 2. The molecule has 0 bridgehead atoms.